The number of hydrogen-bond acceptors (Lipinski definition) is 8. The molecular weight excluding hydrogens is 476 g/mol. The maximum absolute atomic E-state index is 9.05. The molecule has 3 fully saturated rings. The summed E-state index contributed by atoms with van der Waals surface area (Å²) in [5, 5.41) is 29.0. The summed E-state index contributed by atoms with van der Waals surface area (Å²) in [5.41, 5.74) is 4.06. The highest BCUT2D eigenvalue weighted by molar-refractivity contribution is 5.94. The molecule has 1 unspecified atom stereocenters. The number of nitriles is 1. The number of fused-ring (bicyclic) bond motifs is 3. The fourth-order valence-electron chi connectivity index (χ4n) is 6.22. The second kappa shape index (κ2) is 9.40. The van der Waals surface area contributed by atoms with E-state index in [9.17, 15) is 0 Å². The lowest BCUT2D eigenvalue weighted by atomic mass is 9.97. The van der Waals surface area contributed by atoms with E-state index >= 15 is 0 Å². The van der Waals surface area contributed by atoms with Gasteiger partial charge in [-0.3, -0.25) is 14.7 Å². The molecule has 4 aromatic rings. The molecule has 0 radical (unpaired) electrons. The molecule has 3 atom stereocenters. The number of anilines is 3. The smallest absolute Gasteiger partial charge is 0.225 e. The van der Waals surface area contributed by atoms with Crippen LogP contribution in [0.5, 0.6) is 0 Å². The third-order valence-corrected chi connectivity index (χ3v) is 8.20. The molecule has 10 nitrogen and oxygen atoms in total. The minimum absolute atomic E-state index is 0.309. The summed E-state index contributed by atoms with van der Waals surface area (Å²) in [6.07, 6.45) is 11.6. The van der Waals surface area contributed by atoms with Crippen LogP contribution in [0.15, 0.2) is 36.7 Å². The van der Waals surface area contributed by atoms with Crippen molar-refractivity contribution in [3.63, 3.8) is 0 Å². The minimum Gasteiger partial charge on any atom is -0.351 e. The van der Waals surface area contributed by atoms with Crippen molar-refractivity contribution in [1.82, 2.24) is 34.8 Å². The molecule has 194 valence electrons. The van der Waals surface area contributed by atoms with Crippen LogP contribution < -0.4 is 10.6 Å². The minimum atomic E-state index is 0.309. The predicted octanol–water partition coefficient (Wildman–Crippen LogP) is 4.92. The molecule has 0 spiro atoms. The number of rotatable bonds is 8. The maximum Gasteiger partial charge on any atom is 0.225 e. The first kappa shape index (κ1) is 23.2. The number of piperidine rings is 1. The normalized spacial score (nSPS) is 23.0. The summed E-state index contributed by atoms with van der Waals surface area (Å²) in [7, 11) is 0. The van der Waals surface area contributed by atoms with Crippen molar-refractivity contribution in [2.45, 2.75) is 76.0 Å². The number of nitrogens with one attached hydrogen (secondary N) is 3. The van der Waals surface area contributed by atoms with E-state index in [2.05, 4.69) is 66.0 Å². The monoisotopic (exact) mass is 508 g/mol. The van der Waals surface area contributed by atoms with Crippen LogP contribution in [0.25, 0.3) is 22.0 Å². The molecule has 0 amide bonds. The number of aromatic nitrogens is 6. The van der Waals surface area contributed by atoms with Gasteiger partial charge < -0.3 is 10.6 Å². The van der Waals surface area contributed by atoms with Crippen LogP contribution >= 0.6 is 0 Å². The second-order valence-electron chi connectivity index (χ2n) is 11.0. The molecular formula is C28H32N10. The van der Waals surface area contributed by atoms with Crippen molar-refractivity contribution in [2.75, 3.05) is 17.2 Å². The van der Waals surface area contributed by atoms with Crippen LogP contribution in [0.1, 0.15) is 56.7 Å². The highest BCUT2D eigenvalue weighted by atomic mass is 15.3. The first-order valence-corrected chi connectivity index (χ1v) is 13.7. The molecule has 38 heavy (non-hydrogen) atoms. The number of benzene rings is 1. The largest absolute Gasteiger partial charge is 0.351 e. The average Bonchev–Trinajstić information content (AvgIpc) is 3.41. The van der Waals surface area contributed by atoms with Crippen LogP contribution in [-0.2, 0) is 0 Å². The Kier molecular flexibility index (Phi) is 5.73. The predicted molar refractivity (Wildman–Crippen MR) is 146 cm³/mol. The van der Waals surface area contributed by atoms with Gasteiger partial charge in [0, 0.05) is 60.0 Å². The zero-order chi connectivity index (χ0) is 25.6. The SMILES string of the molecule is Cc1cc(Nc2nc(NC3C[C@H]4CC[C@@H](C3)N4CCC#N)nc3cc(-c4cnn(C5CC5)c4)ccc23)n[nH]1. The Morgan fingerprint density at radius 2 is 1.87 bits per heavy atom. The lowest BCUT2D eigenvalue weighted by Gasteiger charge is -2.38. The highest BCUT2D eigenvalue weighted by Crippen LogP contribution is 2.38. The van der Waals surface area contributed by atoms with Crippen molar-refractivity contribution in [2.24, 2.45) is 0 Å². The van der Waals surface area contributed by atoms with Crippen LogP contribution in [-0.4, -0.2) is 59.5 Å². The van der Waals surface area contributed by atoms with Crippen molar-refractivity contribution in [3.05, 3.63) is 42.4 Å². The maximum atomic E-state index is 9.05. The van der Waals surface area contributed by atoms with Gasteiger partial charge in [-0.2, -0.15) is 20.4 Å². The van der Waals surface area contributed by atoms with E-state index in [1.165, 1.54) is 25.7 Å². The summed E-state index contributed by atoms with van der Waals surface area (Å²) >= 11 is 0. The molecule has 3 aliphatic rings. The Morgan fingerprint density at radius 1 is 1.05 bits per heavy atom. The van der Waals surface area contributed by atoms with Crippen molar-refractivity contribution >= 4 is 28.5 Å². The molecule has 7 rings (SSSR count). The molecule has 2 saturated heterocycles. The van der Waals surface area contributed by atoms with Crippen LogP contribution in [0.2, 0.25) is 0 Å². The molecule has 3 N–H and O–H groups in total. The second-order valence-corrected chi connectivity index (χ2v) is 11.0. The van der Waals surface area contributed by atoms with E-state index in [1.807, 2.05) is 19.2 Å². The van der Waals surface area contributed by atoms with E-state index in [0.29, 0.717) is 36.5 Å². The molecule has 5 heterocycles. The number of aryl methyl sites for hydroxylation is 1. The van der Waals surface area contributed by atoms with Gasteiger partial charge in [0.15, 0.2) is 5.82 Å². The molecule has 2 bridgehead atoms. The third kappa shape index (κ3) is 4.47. The highest BCUT2D eigenvalue weighted by Gasteiger charge is 2.40. The van der Waals surface area contributed by atoms with E-state index in [-0.39, 0.29) is 0 Å². The summed E-state index contributed by atoms with van der Waals surface area (Å²) in [4.78, 5) is 12.4. The van der Waals surface area contributed by atoms with Crippen LogP contribution in [0, 0.1) is 18.3 Å². The van der Waals surface area contributed by atoms with Gasteiger partial charge in [0.1, 0.15) is 5.82 Å². The standard InChI is InChI=1S/C28H32N10/c1-17-11-26(36-35-17)33-27-24-8-3-18(19-15-30-38(16-19)21-4-5-21)12-25(24)32-28(34-27)31-20-13-22-6-7-23(14-20)37(22)10-2-9-29/h3,8,11-12,15-16,20-23H,2,4-7,10,13-14H2,1H3,(H3,31,32,33,34,35,36)/t20?,22-,23+. The van der Waals surface area contributed by atoms with Crippen LogP contribution in [0.3, 0.4) is 0 Å². The first-order valence-electron chi connectivity index (χ1n) is 13.7. The van der Waals surface area contributed by atoms with Crippen molar-refractivity contribution < 1.29 is 0 Å². The summed E-state index contributed by atoms with van der Waals surface area (Å²) in [5.74, 6) is 2.10. The number of hydrogen-bond donors (Lipinski definition) is 3. The van der Waals surface area contributed by atoms with Crippen molar-refractivity contribution in [3.8, 4) is 17.2 Å². The van der Waals surface area contributed by atoms with Gasteiger partial charge in [-0.05, 0) is 63.1 Å². The summed E-state index contributed by atoms with van der Waals surface area (Å²) in [6, 6.07) is 12.5. The Labute approximate surface area is 221 Å². The fraction of sp³-hybridized carbons (Fsp3) is 0.464. The Bertz CT molecular complexity index is 1500. The topological polar surface area (TPSA) is 123 Å². The van der Waals surface area contributed by atoms with E-state index in [0.717, 1.165) is 58.7 Å². The van der Waals surface area contributed by atoms with Gasteiger partial charge in [0.2, 0.25) is 5.95 Å². The molecule has 1 saturated carbocycles. The average molecular weight is 509 g/mol. The van der Waals surface area contributed by atoms with Gasteiger partial charge in [0.05, 0.1) is 23.8 Å². The molecule has 2 aliphatic heterocycles. The van der Waals surface area contributed by atoms with Gasteiger partial charge in [0.25, 0.3) is 0 Å². The lowest BCUT2D eigenvalue weighted by molar-refractivity contribution is 0.135. The van der Waals surface area contributed by atoms with Gasteiger partial charge in [-0.25, -0.2) is 4.98 Å². The Balaban J connectivity index is 1.19. The zero-order valence-electron chi connectivity index (χ0n) is 21.6. The zero-order valence-corrected chi connectivity index (χ0v) is 21.6. The van der Waals surface area contributed by atoms with E-state index in [1.54, 1.807) is 0 Å². The van der Waals surface area contributed by atoms with Crippen molar-refractivity contribution in [1.29, 1.82) is 5.26 Å². The van der Waals surface area contributed by atoms with Gasteiger partial charge >= 0.3 is 0 Å². The third-order valence-electron chi connectivity index (χ3n) is 8.20. The molecule has 3 aromatic heterocycles. The lowest BCUT2D eigenvalue weighted by Crippen LogP contribution is -2.47. The fourth-order valence-corrected chi connectivity index (χ4v) is 6.22. The van der Waals surface area contributed by atoms with Gasteiger partial charge in [-0.1, -0.05) is 6.07 Å². The molecule has 10 heteroatoms. The Hall–Kier alpha value is -3.97. The van der Waals surface area contributed by atoms with Gasteiger partial charge in [-0.15, -0.1) is 0 Å². The van der Waals surface area contributed by atoms with E-state index in [4.69, 9.17) is 15.2 Å². The summed E-state index contributed by atoms with van der Waals surface area (Å²) < 4.78 is 2.08. The summed E-state index contributed by atoms with van der Waals surface area (Å²) in [6.45, 7) is 2.86. The van der Waals surface area contributed by atoms with Crippen LogP contribution in [0.4, 0.5) is 17.6 Å². The number of nitrogens with zero attached hydrogens (tertiary/aromatic N) is 7. The quantitative estimate of drug-likeness (QED) is 0.306. The van der Waals surface area contributed by atoms with E-state index < -0.39 is 0 Å². The molecule has 1 aliphatic carbocycles. The number of H-pyrrole nitrogens is 1. The Morgan fingerprint density at radius 3 is 2.61 bits per heavy atom. The number of aromatic amines is 1. The first-order chi connectivity index (χ1) is 18.6. The molecule has 1 aromatic carbocycles.